The molecule has 0 saturated carbocycles. The number of carboxylic acids is 1. The number of benzene rings is 1. The predicted molar refractivity (Wildman–Crippen MR) is 163 cm³/mol. The molecule has 1 fully saturated rings. The van der Waals surface area contributed by atoms with Crippen molar-refractivity contribution < 1.29 is 42.6 Å². The molecule has 8 heteroatoms. The van der Waals surface area contributed by atoms with E-state index in [0.717, 1.165) is 37.9 Å². The molecule has 41 heavy (non-hydrogen) atoms. The van der Waals surface area contributed by atoms with Gasteiger partial charge in [-0.15, -0.1) is 0 Å². The van der Waals surface area contributed by atoms with Gasteiger partial charge in [0, 0.05) is 0 Å². The molecule has 0 radical (unpaired) electrons. The van der Waals surface area contributed by atoms with Crippen LogP contribution in [0.15, 0.2) is 29.8 Å². The molecule has 7 nitrogen and oxygen atoms in total. The molecule has 2 aliphatic heterocycles. The number of rotatable bonds is 15. The maximum absolute atomic E-state index is 13.9. The molecule has 2 heterocycles. The van der Waals surface area contributed by atoms with Crippen LogP contribution in [0.4, 0.5) is 0 Å². The van der Waals surface area contributed by atoms with E-state index < -0.39 is 30.3 Å². The van der Waals surface area contributed by atoms with Crippen LogP contribution in [0.5, 0.6) is 11.5 Å². The second kappa shape index (κ2) is 14.6. The van der Waals surface area contributed by atoms with Gasteiger partial charge in [-0.2, -0.15) is 0 Å². The summed E-state index contributed by atoms with van der Waals surface area (Å²) >= 11 is -1.52. The van der Waals surface area contributed by atoms with Crippen LogP contribution in [0.2, 0.25) is 0 Å². The van der Waals surface area contributed by atoms with Crippen molar-refractivity contribution in [1.82, 2.24) is 9.80 Å². The molecule has 0 bridgehead atoms. The van der Waals surface area contributed by atoms with E-state index in [-0.39, 0.29) is 36.6 Å². The van der Waals surface area contributed by atoms with Crippen LogP contribution in [0.1, 0.15) is 78.2 Å². The van der Waals surface area contributed by atoms with Gasteiger partial charge in [-0.1, -0.05) is 5.57 Å². The third kappa shape index (κ3) is 9.87. The SMILES string of the molecule is CCCCN(CCCC[I-](C)(C)C)C(=O)CN1C[C@H](c2ccc3c(c2)OCO3)[C@@H](C(=O)O)[C@@H]1CC(C)(C)C=C(C)C. The van der Waals surface area contributed by atoms with Gasteiger partial charge < -0.3 is 9.47 Å². The maximum atomic E-state index is 13.9. The van der Waals surface area contributed by atoms with E-state index in [1.54, 1.807) is 0 Å². The number of aliphatic carboxylic acids is 1. The quantitative estimate of drug-likeness (QED) is 0.133. The van der Waals surface area contributed by atoms with E-state index in [9.17, 15) is 14.7 Å². The van der Waals surface area contributed by atoms with Crippen LogP contribution in [0.3, 0.4) is 0 Å². The summed E-state index contributed by atoms with van der Waals surface area (Å²) in [6, 6.07) is 5.50. The van der Waals surface area contributed by atoms with Crippen LogP contribution in [-0.4, -0.2) is 85.0 Å². The number of likely N-dealkylation sites (tertiary alicyclic amines) is 1. The molecule has 234 valence electrons. The Morgan fingerprint density at radius 1 is 1.10 bits per heavy atom. The zero-order chi connectivity index (χ0) is 30.4. The summed E-state index contributed by atoms with van der Waals surface area (Å²) in [5, 5.41) is 10.6. The number of ether oxygens (including phenoxy) is 2. The molecule has 1 amide bonds. The van der Waals surface area contributed by atoms with Gasteiger partial charge in [0.25, 0.3) is 0 Å². The van der Waals surface area contributed by atoms with Gasteiger partial charge in [-0.05, 0) is 19.9 Å². The third-order valence-electron chi connectivity index (χ3n) is 8.12. The molecule has 1 aromatic carbocycles. The van der Waals surface area contributed by atoms with E-state index in [2.05, 4.69) is 60.4 Å². The van der Waals surface area contributed by atoms with Crippen molar-refractivity contribution >= 4 is 11.9 Å². The molecule has 2 aliphatic rings. The van der Waals surface area contributed by atoms with E-state index in [1.165, 1.54) is 16.4 Å². The summed E-state index contributed by atoms with van der Waals surface area (Å²) in [5.41, 5.74) is 1.93. The molecule has 0 spiro atoms. The number of amides is 1. The summed E-state index contributed by atoms with van der Waals surface area (Å²) in [7, 11) is 0. The summed E-state index contributed by atoms with van der Waals surface area (Å²) in [5.74, 6) is -0.215. The van der Waals surface area contributed by atoms with Gasteiger partial charge >= 0.3 is 200 Å². The molecular weight excluding hydrogens is 631 g/mol. The fourth-order valence-corrected chi connectivity index (χ4v) is 9.22. The molecule has 0 unspecified atom stereocenters. The predicted octanol–water partition coefficient (Wildman–Crippen LogP) is 2.73. The van der Waals surface area contributed by atoms with E-state index in [0.29, 0.717) is 24.5 Å². The Kier molecular flexibility index (Phi) is 12.0. The number of allylic oxidation sites excluding steroid dienone is 2. The number of carboxylic acid groups (broad SMARTS) is 1. The monoisotopic (exact) mass is 685 g/mol. The van der Waals surface area contributed by atoms with Gasteiger partial charge in [0.2, 0.25) is 6.79 Å². The number of hydrogen-bond acceptors (Lipinski definition) is 5. The van der Waals surface area contributed by atoms with Crippen LogP contribution >= 0.6 is 0 Å². The van der Waals surface area contributed by atoms with Gasteiger partial charge in [0.1, 0.15) is 0 Å². The summed E-state index contributed by atoms with van der Waals surface area (Å²) in [6.07, 6.45) is 7.12. The van der Waals surface area contributed by atoms with Crippen LogP contribution in [0, 0.1) is 11.3 Å². The van der Waals surface area contributed by atoms with Crippen molar-refractivity contribution in [3.63, 3.8) is 0 Å². The summed E-state index contributed by atoms with van der Waals surface area (Å²) < 4.78 is 12.4. The zero-order valence-electron chi connectivity index (χ0n) is 26.7. The standard InChI is InChI=1S/C33H54IN2O5/c1-9-10-16-35(17-12-11-15-34(6,7)8)30(37)22-36-21-26(25-13-14-28-29(18-25)41-23-40-28)31(32(38)39)27(36)20-33(4,5)19-24(2)3/h13-14,18-19,26-27,31H,9-12,15-17,20-23H2,1-8H3,(H,38,39)/q-1/t26-,27+,31-/m1/s1. The molecule has 0 aromatic heterocycles. The number of carbonyl (C=O) groups excluding carboxylic acids is 1. The van der Waals surface area contributed by atoms with Gasteiger partial charge in [0.05, 0.1) is 0 Å². The Hall–Kier alpha value is -1.81. The van der Waals surface area contributed by atoms with Crippen molar-refractivity contribution in [3.8, 4) is 11.5 Å². The number of fused-ring (bicyclic) bond motifs is 1. The van der Waals surface area contributed by atoms with Crippen LogP contribution in [-0.2, 0) is 9.59 Å². The van der Waals surface area contributed by atoms with Gasteiger partial charge in [-0.25, -0.2) is 0 Å². The molecule has 1 N–H and O–H groups in total. The first-order valence-electron chi connectivity index (χ1n) is 15.1. The van der Waals surface area contributed by atoms with Crippen LogP contribution in [0.25, 0.3) is 0 Å². The van der Waals surface area contributed by atoms with Crippen molar-refractivity contribution in [2.75, 3.05) is 52.2 Å². The fraction of sp³-hybridized carbons (Fsp3) is 0.697. The number of unbranched alkanes of at least 4 members (excludes halogenated alkanes) is 2. The minimum atomic E-state index is -1.52. The average Bonchev–Trinajstić information content (AvgIpc) is 3.46. The number of hydrogen-bond donors (Lipinski definition) is 1. The van der Waals surface area contributed by atoms with E-state index >= 15 is 0 Å². The Morgan fingerprint density at radius 2 is 1.78 bits per heavy atom. The Labute approximate surface area is 252 Å². The van der Waals surface area contributed by atoms with Crippen molar-refractivity contribution in [1.29, 1.82) is 0 Å². The molecule has 0 aliphatic carbocycles. The molecular formula is C33H54IN2O5-. The minimum Gasteiger partial charge on any atom is -0.0799 e. The smallest absolute Gasteiger partial charge is 0.0799 e. The first-order valence-corrected chi connectivity index (χ1v) is 23.1. The third-order valence-corrected chi connectivity index (χ3v) is 12.1. The molecule has 1 aromatic rings. The molecule has 3 rings (SSSR count). The van der Waals surface area contributed by atoms with E-state index in [1.807, 2.05) is 23.1 Å². The van der Waals surface area contributed by atoms with E-state index in [4.69, 9.17) is 9.47 Å². The van der Waals surface area contributed by atoms with Gasteiger partial charge in [-0.3, -0.25) is 0 Å². The number of nitrogens with zero attached hydrogens (tertiary/aromatic N) is 2. The van der Waals surface area contributed by atoms with Crippen molar-refractivity contribution in [2.24, 2.45) is 11.3 Å². The topological polar surface area (TPSA) is 79.3 Å². The second-order valence-electron chi connectivity index (χ2n) is 13.6. The van der Waals surface area contributed by atoms with Gasteiger partial charge in [0.15, 0.2) is 11.5 Å². The fourth-order valence-electron chi connectivity index (χ4n) is 6.39. The Balaban J connectivity index is 1.87. The van der Waals surface area contributed by atoms with Crippen LogP contribution < -0.4 is 27.9 Å². The Morgan fingerprint density at radius 3 is 2.41 bits per heavy atom. The normalized spacial score (nSPS) is 21.1. The average molecular weight is 686 g/mol. The zero-order valence-corrected chi connectivity index (χ0v) is 28.8. The Bertz CT molecular complexity index is 1080. The van der Waals surface area contributed by atoms with Crippen molar-refractivity contribution in [3.05, 3.63) is 35.4 Å². The first-order chi connectivity index (χ1) is 19.2. The van der Waals surface area contributed by atoms with Crippen molar-refractivity contribution in [2.45, 2.75) is 78.7 Å². The number of halogens is 1. The number of alkyl halides is 4. The summed E-state index contributed by atoms with van der Waals surface area (Å²) in [4.78, 5) is 38.3. The molecule has 1 saturated heterocycles. The number of carbonyl (C=O) groups is 2. The first kappa shape index (κ1) is 33.7. The molecule has 3 atom stereocenters. The summed E-state index contributed by atoms with van der Waals surface area (Å²) in [6.45, 7) is 13.2. The minimum absolute atomic E-state index is 0.121. The second-order valence-corrected chi connectivity index (χ2v) is 25.7.